The summed E-state index contributed by atoms with van der Waals surface area (Å²) in [4.78, 5) is 36.6. The summed E-state index contributed by atoms with van der Waals surface area (Å²) in [5.74, 6) is -0.363. The summed E-state index contributed by atoms with van der Waals surface area (Å²) in [6, 6.07) is 7.69. The van der Waals surface area contributed by atoms with Crippen molar-refractivity contribution in [2.45, 2.75) is 32.0 Å². The molecule has 34 heavy (non-hydrogen) atoms. The lowest BCUT2D eigenvalue weighted by molar-refractivity contribution is -0.113. The lowest BCUT2D eigenvalue weighted by Crippen LogP contribution is -2.16. The maximum atomic E-state index is 12.6. The van der Waals surface area contributed by atoms with Gasteiger partial charge in [0.1, 0.15) is 10.8 Å². The van der Waals surface area contributed by atoms with Crippen molar-refractivity contribution in [2.75, 3.05) is 18.2 Å². The van der Waals surface area contributed by atoms with Gasteiger partial charge in [-0.05, 0) is 38.0 Å². The third-order valence-corrected chi connectivity index (χ3v) is 7.22. The van der Waals surface area contributed by atoms with E-state index in [2.05, 4.69) is 15.5 Å². The number of benzene rings is 1. The Morgan fingerprint density at radius 3 is 2.59 bits per heavy atom. The largest absolute Gasteiger partial charge is 0.482 e. The fourth-order valence-corrected chi connectivity index (χ4v) is 5.00. The molecule has 3 aromatic rings. The number of nitrogens with zero attached hydrogens (tertiary/aromatic N) is 3. The molecule has 180 valence electrons. The molecule has 10 nitrogen and oxygen atoms in total. The second-order valence-corrected chi connectivity index (χ2v) is 9.34. The number of thioether (sulfide) groups is 1. The van der Waals surface area contributed by atoms with Crippen LogP contribution >= 0.6 is 23.1 Å². The molecule has 1 atom stereocenters. The van der Waals surface area contributed by atoms with Crippen molar-refractivity contribution in [1.29, 1.82) is 0 Å². The molecule has 0 spiro atoms. The minimum atomic E-state index is -0.684. The van der Waals surface area contributed by atoms with E-state index in [4.69, 9.17) is 15.2 Å². The Morgan fingerprint density at radius 1 is 1.24 bits per heavy atom. The van der Waals surface area contributed by atoms with Gasteiger partial charge in [0.2, 0.25) is 5.91 Å². The number of thiophene rings is 1. The van der Waals surface area contributed by atoms with E-state index in [1.165, 1.54) is 18.9 Å². The third-order valence-electron chi connectivity index (χ3n) is 4.97. The Bertz CT molecular complexity index is 1240. The van der Waals surface area contributed by atoms with Crippen molar-refractivity contribution in [2.24, 2.45) is 12.8 Å². The summed E-state index contributed by atoms with van der Waals surface area (Å²) in [7, 11) is 3.02. The number of aromatic nitrogens is 3. The Labute approximate surface area is 204 Å². The number of anilines is 1. The van der Waals surface area contributed by atoms with Crippen molar-refractivity contribution in [1.82, 2.24) is 14.8 Å². The topological polar surface area (TPSA) is 138 Å². The molecule has 0 radical (unpaired) electrons. The first-order valence-electron chi connectivity index (χ1n) is 10.2. The van der Waals surface area contributed by atoms with Gasteiger partial charge in [-0.1, -0.05) is 30.0 Å². The Hall–Kier alpha value is -3.38. The van der Waals surface area contributed by atoms with Crippen molar-refractivity contribution < 1.29 is 23.9 Å². The number of hydrogen-bond donors (Lipinski definition) is 2. The highest BCUT2D eigenvalue weighted by molar-refractivity contribution is 7.99. The van der Waals surface area contributed by atoms with Gasteiger partial charge in [0.05, 0.1) is 23.3 Å². The smallest absolute Gasteiger partial charge is 0.341 e. The zero-order valence-electron chi connectivity index (χ0n) is 19.4. The average Bonchev–Trinajstić information content (AvgIpc) is 3.32. The van der Waals surface area contributed by atoms with Crippen LogP contribution in [0.2, 0.25) is 0 Å². The van der Waals surface area contributed by atoms with Gasteiger partial charge in [0, 0.05) is 7.05 Å². The van der Waals surface area contributed by atoms with E-state index in [-0.39, 0.29) is 33.2 Å². The number of esters is 1. The van der Waals surface area contributed by atoms with Crippen molar-refractivity contribution in [3.05, 3.63) is 51.7 Å². The van der Waals surface area contributed by atoms with Crippen LogP contribution in [-0.4, -0.2) is 45.4 Å². The minimum Gasteiger partial charge on any atom is -0.482 e. The highest BCUT2D eigenvalue weighted by Crippen LogP contribution is 2.34. The Balaban J connectivity index is 1.68. The van der Waals surface area contributed by atoms with E-state index in [1.807, 2.05) is 38.1 Å². The average molecular weight is 504 g/mol. The molecule has 0 saturated heterocycles. The van der Waals surface area contributed by atoms with E-state index in [0.29, 0.717) is 16.5 Å². The number of primary amides is 1. The minimum absolute atomic E-state index is 0.00245. The number of aryl methyl sites for hydroxylation is 1. The fraction of sp³-hybridized carbons (Fsp3) is 0.318. The van der Waals surface area contributed by atoms with Crippen LogP contribution < -0.4 is 15.8 Å². The van der Waals surface area contributed by atoms with Gasteiger partial charge in [0.15, 0.2) is 17.1 Å². The fourth-order valence-electron chi connectivity index (χ4n) is 3.21. The summed E-state index contributed by atoms with van der Waals surface area (Å²) in [6.07, 6.45) is -0.356. The second kappa shape index (κ2) is 10.7. The van der Waals surface area contributed by atoms with Gasteiger partial charge in [0.25, 0.3) is 5.91 Å². The molecule has 3 rings (SSSR count). The molecule has 0 aliphatic rings. The molecule has 0 bridgehead atoms. The van der Waals surface area contributed by atoms with Gasteiger partial charge in [-0.15, -0.1) is 21.5 Å². The SMILES string of the molecule is COC(=O)c1c(NC(=O)CSc2nnc(C(C)Oc3ccccc3C)n2C)sc(C(N)=O)c1C. The second-order valence-electron chi connectivity index (χ2n) is 7.38. The molecular weight excluding hydrogens is 478 g/mol. The third kappa shape index (κ3) is 5.39. The molecule has 1 aromatic carbocycles. The summed E-state index contributed by atoms with van der Waals surface area (Å²) in [6.45, 7) is 5.42. The lowest BCUT2D eigenvalue weighted by atomic mass is 10.1. The molecule has 3 N–H and O–H groups in total. The van der Waals surface area contributed by atoms with Crippen LogP contribution in [0, 0.1) is 13.8 Å². The van der Waals surface area contributed by atoms with Crippen LogP contribution in [0.4, 0.5) is 5.00 Å². The molecular formula is C22H25N5O5S2. The van der Waals surface area contributed by atoms with Crippen LogP contribution in [-0.2, 0) is 16.6 Å². The first-order valence-corrected chi connectivity index (χ1v) is 12.0. The van der Waals surface area contributed by atoms with Crippen molar-refractivity contribution in [3.8, 4) is 5.75 Å². The number of nitrogens with two attached hydrogens (primary N) is 1. The molecule has 2 heterocycles. The quantitative estimate of drug-likeness (QED) is 0.335. The van der Waals surface area contributed by atoms with Crippen molar-refractivity contribution >= 4 is 45.9 Å². The van der Waals surface area contributed by atoms with Gasteiger partial charge in [-0.2, -0.15) is 0 Å². The monoisotopic (exact) mass is 503 g/mol. The predicted molar refractivity (Wildman–Crippen MR) is 129 cm³/mol. The van der Waals surface area contributed by atoms with Crippen LogP contribution in [0.15, 0.2) is 29.4 Å². The van der Waals surface area contributed by atoms with Crippen LogP contribution in [0.5, 0.6) is 5.75 Å². The number of carbonyl (C=O) groups is 3. The molecule has 0 fully saturated rings. The highest BCUT2D eigenvalue weighted by atomic mass is 32.2. The zero-order chi connectivity index (χ0) is 25.0. The van der Waals surface area contributed by atoms with Gasteiger partial charge < -0.3 is 25.1 Å². The molecule has 2 amide bonds. The van der Waals surface area contributed by atoms with E-state index < -0.39 is 11.9 Å². The summed E-state index contributed by atoms with van der Waals surface area (Å²) >= 11 is 2.11. The van der Waals surface area contributed by atoms with E-state index in [9.17, 15) is 14.4 Å². The van der Waals surface area contributed by atoms with Crippen LogP contribution in [0.25, 0.3) is 0 Å². The van der Waals surface area contributed by atoms with Crippen LogP contribution in [0.1, 0.15) is 50.0 Å². The normalized spacial score (nSPS) is 11.7. The summed E-state index contributed by atoms with van der Waals surface area (Å²) < 4.78 is 12.6. The Morgan fingerprint density at radius 2 is 1.94 bits per heavy atom. The molecule has 1 unspecified atom stereocenters. The zero-order valence-corrected chi connectivity index (χ0v) is 21.0. The van der Waals surface area contributed by atoms with Gasteiger partial charge in [-0.3, -0.25) is 9.59 Å². The van der Waals surface area contributed by atoms with E-state index >= 15 is 0 Å². The van der Waals surface area contributed by atoms with Gasteiger partial charge in [-0.25, -0.2) is 4.79 Å². The van der Waals surface area contributed by atoms with Crippen LogP contribution in [0.3, 0.4) is 0 Å². The maximum Gasteiger partial charge on any atom is 0.341 e. The first kappa shape index (κ1) is 25.2. The number of para-hydroxylation sites is 1. The maximum absolute atomic E-state index is 12.6. The molecule has 2 aromatic heterocycles. The number of amides is 2. The first-order chi connectivity index (χ1) is 16.1. The number of nitrogens with one attached hydrogen (secondary N) is 1. The standard InChI is InChI=1S/C22H25N5O5S2/c1-11-8-6-7-9-14(11)32-13(3)19-25-26-22(27(19)4)33-10-15(28)24-20-16(21(30)31-5)12(2)17(34-20)18(23)29/h6-9,13H,10H2,1-5H3,(H2,23,29)(H,24,28). The van der Waals surface area contributed by atoms with Crippen molar-refractivity contribution in [3.63, 3.8) is 0 Å². The predicted octanol–water partition coefficient (Wildman–Crippen LogP) is 3.25. The highest BCUT2D eigenvalue weighted by Gasteiger charge is 2.25. The number of carbonyl (C=O) groups excluding carboxylic acids is 3. The molecule has 0 aliphatic carbocycles. The summed E-state index contributed by atoms with van der Waals surface area (Å²) in [5, 5.41) is 11.8. The molecule has 12 heteroatoms. The Kier molecular flexibility index (Phi) is 7.94. The summed E-state index contributed by atoms with van der Waals surface area (Å²) in [5.41, 5.74) is 6.87. The number of ether oxygens (including phenoxy) is 2. The molecule has 0 saturated carbocycles. The van der Waals surface area contributed by atoms with Gasteiger partial charge >= 0.3 is 5.97 Å². The number of hydrogen-bond acceptors (Lipinski definition) is 9. The molecule has 0 aliphatic heterocycles. The van der Waals surface area contributed by atoms with E-state index in [1.54, 1.807) is 18.5 Å². The number of rotatable bonds is 9. The van der Waals surface area contributed by atoms with E-state index in [0.717, 1.165) is 22.6 Å². The lowest BCUT2D eigenvalue weighted by Gasteiger charge is -2.15. The number of methoxy groups -OCH3 is 1.